The van der Waals surface area contributed by atoms with Gasteiger partial charge in [0.15, 0.2) is 0 Å². The average Bonchev–Trinajstić information content (AvgIpc) is 1.63. The number of hydrogen-bond donors (Lipinski definition) is 0. The maximum Gasteiger partial charge on any atom is 0.374 e. The second kappa shape index (κ2) is 35.1. The van der Waals surface area contributed by atoms with Crippen LogP contribution in [0.25, 0.3) is 27.1 Å². The fourth-order valence-electron chi connectivity index (χ4n) is 17.0. The third kappa shape index (κ3) is 18.5. The van der Waals surface area contributed by atoms with E-state index in [1.165, 1.54) is 17.4 Å². The summed E-state index contributed by atoms with van der Waals surface area (Å²) in [5, 5.41) is 3.78. The van der Waals surface area contributed by atoms with E-state index in [-0.39, 0.29) is 102 Å². The summed E-state index contributed by atoms with van der Waals surface area (Å²) in [6, 6.07) is 32.1. The van der Waals surface area contributed by atoms with Gasteiger partial charge in [-0.25, -0.2) is 33.6 Å². The van der Waals surface area contributed by atoms with Crippen LogP contribution in [0.3, 0.4) is 0 Å². The lowest BCUT2D eigenvalue weighted by atomic mass is 9.85. The molecule has 4 aliphatic carbocycles. The summed E-state index contributed by atoms with van der Waals surface area (Å²) >= 11 is 2.95. The summed E-state index contributed by atoms with van der Waals surface area (Å²) in [4.78, 5) is 102. The first-order valence-electron chi connectivity index (χ1n) is 39.7. The van der Waals surface area contributed by atoms with Gasteiger partial charge in [0.2, 0.25) is 5.76 Å². The van der Waals surface area contributed by atoms with Crippen LogP contribution in [-0.4, -0.2) is 121 Å². The van der Waals surface area contributed by atoms with Crippen molar-refractivity contribution in [3.63, 3.8) is 0 Å². The molecule has 0 spiro atoms. The van der Waals surface area contributed by atoms with Crippen molar-refractivity contribution in [3.8, 4) is 0 Å². The second-order valence-electron chi connectivity index (χ2n) is 31.7. The highest BCUT2D eigenvalue weighted by molar-refractivity contribution is 7.20. The summed E-state index contributed by atoms with van der Waals surface area (Å²) in [6.07, 6.45) is 16.9. The first-order valence-corrected chi connectivity index (χ1v) is 41.4. The second-order valence-corrected chi connectivity index (χ2v) is 33.7. The molecule has 0 N–H and O–H groups in total. The Balaban J connectivity index is 0.000000125. The van der Waals surface area contributed by atoms with Crippen LogP contribution in [0.2, 0.25) is 0 Å². The number of para-hydroxylation sites is 1. The van der Waals surface area contributed by atoms with Gasteiger partial charge >= 0.3 is 47.8 Å². The fraction of sp³-hybridized carbons (Fsp3) is 0.299. The standard InChI is InChI=1S/C25H22O6.C25H22O5S.C24H24O5.C23H22O5S/c1-13-8-18-10-17(24(26)29-18)12-21-23(14(2)15(3)28-21)20(9-13)31-25(27)22-11-16-6-4-5-7-19(16)30-22;1-13-8-18-10-17(24(26)29-18)11-20-23(14(2)15(3)28-20)19(9-13)30-25(27)22-12-16-6-4-5-7-21(16)31-22;1-14-9-19-12-18(24(26)28-19)13-21-23(15(2)16(3)27-21)20(10-14)29-22(25)11-17-7-5-4-6-8-17;1-13-9-17-11-16(23(25)27-17)12-20-22(14(2)15(3)26-20)19(10-13)28-21(24)7-6-18-5-4-8-29-18/h4-7,9-11,18,20-21,23H,2-3,8,12H2,1H3;4-7,9-10,12,18-20,23H,2-3,8,11H2,1H3;4-8,10,12,19-21,23H,2-3,9,11,13H2,1H3;4-8,10-11,17,19-20,22H,2-3,9,12H2,1H3/b2*13-9+;14-10+;7-6+,13-10+/t18-,20-,21?,23+;18-,19-,20?,23+;19-,20-,21?,23+;17-,19-,20?,22+/m1111/s1. The van der Waals surface area contributed by atoms with E-state index in [1.54, 1.807) is 29.5 Å². The van der Waals surface area contributed by atoms with Gasteiger partial charge in [-0.2, -0.15) is 0 Å². The molecule has 16 atom stereocenters. The molecule has 18 rings (SSSR count). The van der Waals surface area contributed by atoms with Crippen molar-refractivity contribution in [2.45, 2.75) is 159 Å². The number of ether oxygens (including phenoxy) is 12. The van der Waals surface area contributed by atoms with E-state index in [4.69, 9.17) is 61.3 Å². The highest BCUT2D eigenvalue weighted by Crippen LogP contribution is 2.48. The Morgan fingerprint density at radius 1 is 0.417 bits per heavy atom. The molecule has 23 heteroatoms. The smallest absolute Gasteiger partial charge is 0.374 e. The van der Waals surface area contributed by atoms with E-state index < -0.39 is 54.7 Å². The number of carbonyl (C=O) groups is 8. The van der Waals surface area contributed by atoms with E-state index in [9.17, 15) is 38.4 Å². The number of rotatable bonds is 10. The lowest BCUT2D eigenvalue weighted by molar-refractivity contribution is -0.149. The van der Waals surface area contributed by atoms with E-state index in [1.807, 2.05) is 173 Å². The van der Waals surface area contributed by atoms with E-state index in [2.05, 4.69) is 52.6 Å². The molecule has 4 fully saturated rings. The van der Waals surface area contributed by atoms with Gasteiger partial charge in [-0.05, 0) is 151 Å². The first-order chi connectivity index (χ1) is 57.6. The Bertz CT molecular complexity index is 5350. The SMILES string of the molecule is C=C1OC2CC3=C[C@@H](C/C(C)=C/[C@@H](OC(=O)/C=C/c4cccs4)[C@@H]2C1=C)OC3=O.C=C1OC2CC3=C[C@@H](C/C(C)=C/[C@@H](OC(=O)Cc4ccccc4)[C@@H]2C1=C)OC3=O.C=C1OC2CC3=C[C@@H](C/C(C)=C/[C@@H](OC(=O)c4cc5ccccc5o4)[C@@H]2C1=C)OC3=O.C=C1OC2CC3=C[C@@H](C/C(C)=C/[C@@H](OC(=O)c4cc5ccccc5s4)[C@@H]2C1=C)OC3=O. The predicted octanol–water partition coefficient (Wildman–Crippen LogP) is 17.9. The van der Waals surface area contributed by atoms with Crippen LogP contribution in [0, 0.1) is 23.7 Å². The molecule has 4 saturated heterocycles. The van der Waals surface area contributed by atoms with Crippen LogP contribution in [0.1, 0.15) is 110 Å². The molecular formula is C97H90O21S2. The maximum absolute atomic E-state index is 13.1. The molecule has 120 heavy (non-hydrogen) atoms. The molecular weight excluding hydrogens is 1570 g/mol. The zero-order valence-corrected chi connectivity index (χ0v) is 68.4. The largest absolute Gasteiger partial charge is 0.490 e. The van der Waals surface area contributed by atoms with Crippen molar-refractivity contribution in [2.24, 2.45) is 23.7 Å². The molecule has 6 aromatic rings. The van der Waals surface area contributed by atoms with Crippen LogP contribution < -0.4 is 0 Å². The molecule has 616 valence electrons. The Morgan fingerprint density at radius 3 is 1.23 bits per heavy atom. The van der Waals surface area contributed by atoms with E-state index in [0.29, 0.717) is 129 Å². The fourth-order valence-corrected chi connectivity index (χ4v) is 18.6. The van der Waals surface area contributed by atoms with Crippen molar-refractivity contribution >= 4 is 97.6 Å². The Labute approximate surface area is 702 Å². The minimum Gasteiger partial charge on any atom is -0.490 e. The molecule has 8 bridgehead atoms. The number of thiophene rings is 2. The van der Waals surface area contributed by atoms with Gasteiger partial charge in [0.05, 0.1) is 30.1 Å². The highest BCUT2D eigenvalue weighted by atomic mass is 32.1. The maximum atomic E-state index is 13.1. The molecule has 0 amide bonds. The Kier molecular flexibility index (Phi) is 24.2. The molecule has 8 aliphatic heterocycles. The lowest BCUT2D eigenvalue weighted by Gasteiger charge is -2.26. The molecule has 3 aromatic carbocycles. The van der Waals surface area contributed by atoms with Gasteiger partial charge in [-0.3, -0.25) is 4.79 Å². The van der Waals surface area contributed by atoms with Crippen molar-refractivity contribution in [1.82, 2.24) is 0 Å². The van der Waals surface area contributed by atoms with E-state index in [0.717, 1.165) is 48.2 Å². The summed E-state index contributed by atoms with van der Waals surface area (Å²) < 4.78 is 75.9. The number of esters is 8. The lowest BCUT2D eigenvalue weighted by Crippen LogP contribution is -2.33. The molecule has 12 aliphatic rings. The Hall–Kier alpha value is -12.6. The topological polar surface area (TPSA) is 260 Å². The van der Waals surface area contributed by atoms with Gasteiger partial charge in [-0.1, -0.05) is 148 Å². The van der Waals surface area contributed by atoms with Gasteiger partial charge in [0, 0.05) is 94.7 Å². The van der Waals surface area contributed by atoms with Crippen LogP contribution in [0.5, 0.6) is 0 Å². The number of hydrogen-bond acceptors (Lipinski definition) is 23. The van der Waals surface area contributed by atoms with Crippen LogP contribution in [0.15, 0.2) is 310 Å². The molecule has 21 nitrogen and oxygen atoms in total. The summed E-state index contributed by atoms with van der Waals surface area (Å²) in [7, 11) is 0. The minimum atomic E-state index is -0.648. The van der Waals surface area contributed by atoms with Crippen molar-refractivity contribution < 1.29 is 99.6 Å². The molecule has 3 aromatic heterocycles. The average molecular weight is 1660 g/mol. The Morgan fingerprint density at radius 2 is 0.808 bits per heavy atom. The van der Waals surface area contributed by atoms with Crippen LogP contribution in [-0.2, 0) is 92.0 Å². The van der Waals surface area contributed by atoms with Crippen molar-refractivity contribution in [2.75, 3.05) is 0 Å². The van der Waals surface area contributed by atoms with Gasteiger partial charge < -0.3 is 61.3 Å². The van der Waals surface area contributed by atoms with Gasteiger partial charge in [0.25, 0.3) is 0 Å². The van der Waals surface area contributed by atoms with Gasteiger partial charge in [0.1, 0.15) is 107 Å². The van der Waals surface area contributed by atoms with Crippen LogP contribution >= 0.6 is 22.7 Å². The first kappa shape index (κ1) is 82.5. The van der Waals surface area contributed by atoms with E-state index >= 15 is 0 Å². The normalized spacial score (nSPS) is 30.1. The predicted molar refractivity (Wildman–Crippen MR) is 450 cm³/mol. The highest BCUT2D eigenvalue weighted by Gasteiger charge is 2.50. The zero-order valence-electron chi connectivity index (χ0n) is 66.8. The number of benzene rings is 3. The van der Waals surface area contributed by atoms with Crippen molar-refractivity contribution in [1.29, 1.82) is 0 Å². The zero-order chi connectivity index (χ0) is 84.5. The third-order valence-corrected chi connectivity index (χ3v) is 24.7. The molecule has 0 radical (unpaired) electrons. The minimum absolute atomic E-state index is 0.130. The monoisotopic (exact) mass is 1650 g/mol. The number of carbonyl (C=O) groups excluding carboxylic acids is 8. The number of furan rings is 1. The summed E-state index contributed by atoms with van der Waals surface area (Å²) in [5.41, 5.74) is 10.4. The molecule has 0 saturated carbocycles. The van der Waals surface area contributed by atoms with Crippen molar-refractivity contribution in [3.05, 3.63) is 327 Å². The molecule has 4 unspecified atom stereocenters. The summed E-state index contributed by atoms with van der Waals surface area (Å²) in [5.74, 6) is -2.34. The molecule has 11 heterocycles. The quantitative estimate of drug-likeness (QED) is 0.0534. The number of fused-ring (bicyclic) bond motifs is 10. The summed E-state index contributed by atoms with van der Waals surface area (Å²) in [6.45, 7) is 39.9. The third-order valence-electron chi connectivity index (χ3n) is 22.8. The van der Waals surface area contributed by atoms with Crippen LogP contribution in [0.4, 0.5) is 0 Å². The number of allylic oxidation sites excluding steroid dienone is 4. The van der Waals surface area contributed by atoms with Gasteiger partial charge in [-0.15, -0.1) is 22.7 Å².